The summed E-state index contributed by atoms with van der Waals surface area (Å²) in [6.45, 7) is 4.27. The van der Waals surface area contributed by atoms with E-state index >= 15 is 0 Å². The Labute approximate surface area is 162 Å². The summed E-state index contributed by atoms with van der Waals surface area (Å²) < 4.78 is 118. The fourth-order valence-electron chi connectivity index (χ4n) is 2.54. The van der Waals surface area contributed by atoms with Crippen LogP contribution in [0.4, 0.5) is 45.5 Å². The van der Waals surface area contributed by atoms with Crippen molar-refractivity contribution < 1.29 is 39.5 Å². The lowest BCUT2D eigenvalue weighted by Crippen LogP contribution is -2.26. The maximum absolute atomic E-state index is 13.3. The van der Waals surface area contributed by atoms with E-state index in [2.05, 4.69) is 16.9 Å². The van der Waals surface area contributed by atoms with E-state index in [9.17, 15) is 44.3 Å². The Morgan fingerprint density at radius 3 is 2.07 bits per heavy atom. The molecule has 2 rings (SSSR count). The number of nitrogens with zero attached hydrogens (tertiary/aromatic N) is 2. The third-order valence-corrected chi connectivity index (χ3v) is 3.92. The zero-order valence-electron chi connectivity index (χ0n) is 14.9. The number of halogens is 9. The van der Waals surface area contributed by atoms with Crippen molar-refractivity contribution in [2.75, 3.05) is 5.32 Å². The van der Waals surface area contributed by atoms with Gasteiger partial charge in [0, 0.05) is 12.3 Å². The van der Waals surface area contributed by atoms with Crippen LogP contribution in [0, 0.1) is 0 Å². The van der Waals surface area contributed by atoms with Gasteiger partial charge < -0.3 is 5.32 Å². The first-order chi connectivity index (χ1) is 13.6. The summed E-state index contributed by atoms with van der Waals surface area (Å²) in [6, 6.07) is -0.467. The maximum Gasteiger partial charge on any atom is 0.433 e. The van der Waals surface area contributed by atoms with Crippen LogP contribution >= 0.6 is 0 Å². The first-order valence-corrected chi connectivity index (χ1v) is 7.94. The van der Waals surface area contributed by atoms with Gasteiger partial charge in [-0.1, -0.05) is 12.6 Å². The van der Waals surface area contributed by atoms with Gasteiger partial charge in [-0.2, -0.15) is 39.5 Å². The van der Waals surface area contributed by atoms with Gasteiger partial charge in [0.2, 0.25) is 5.95 Å². The predicted octanol–water partition coefficient (Wildman–Crippen LogP) is 5.57. The Bertz CT molecular complexity index is 1000. The first kappa shape index (κ1) is 23.3. The molecule has 1 aromatic heterocycles. The average Bonchev–Trinajstić information content (AvgIpc) is 2.58. The molecule has 0 fully saturated rings. The van der Waals surface area contributed by atoms with Gasteiger partial charge in [0.1, 0.15) is 0 Å². The monoisotopic (exact) mass is 445 g/mol. The van der Waals surface area contributed by atoms with Crippen molar-refractivity contribution in [3.8, 4) is 0 Å². The number of hydrogen-bond acceptors (Lipinski definition) is 3. The first-order valence-electron chi connectivity index (χ1n) is 7.94. The highest BCUT2D eigenvalue weighted by Gasteiger charge is 2.39. The largest absolute Gasteiger partial charge is 0.433 e. The number of benzene rings is 1. The normalized spacial score (nSPS) is 13.8. The molecule has 13 heteroatoms. The van der Waals surface area contributed by atoms with Crippen molar-refractivity contribution in [3.63, 3.8) is 0 Å². The minimum atomic E-state index is -5.19. The topological polar surface area (TPSA) is 46.9 Å². The van der Waals surface area contributed by atoms with E-state index in [0.717, 1.165) is 13.1 Å². The number of rotatable bonds is 4. The Hall–Kier alpha value is -2.99. The zero-order valence-corrected chi connectivity index (χ0v) is 14.9. The molecule has 1 heterocycles. The maximum atomic E-state index is 13.3. The molecule has 30 heavy (non-hydrogen) atoms. The molecule has 1 atom stereocenters. The summed E-state index contributed by atoms with van der Waals surface area (Å²) >= 11 is 0. The smallest absolute Gasteiger partial charge is 0.349 e. The lowest BCUT2D eigenvalue weighted by atomic mass is 9.98. The van der Waals surface area contributed by atoms with Crippen LogP contribution in [0.3, 0.4) is 0 Å². The van der Waals surface area contributed by atoms with Gasteiger partial charge in [0.25, 0.3) is 5.56 Å². The van der Waals surface area contributed by atoms with Crippen LogP contribution in [-0.4, -0.2) is 9.55 Å². The molecular weight excluding hydrogens is 433 g/mol. The van der Waals surface area contributed by atoms with Gasteiger partial charge >= 0.3 is 18.5 Å². The minimum absolute atomic E-state index is 0.104. The number of hydrogen-bond donors (Lipinski definition) is 1. The van der Waals surface area contributed by atoms with Crippen LogP contribution in [-0.2, 0) is 18.5 Å². The summed E-state index contributed by atoms with van der Waals surface area (Å²) in [5.74, 6) is -0.787. The van der Waals surface area contributed by atoms with Crippen LogP contribution in [0.15, 0.2) is 35.6 Å². The molecule has 0 amide bonds. The van der Waals surface area contributed by atoms with E-state index in [4.69, 9.17) is 0 Å². The van der Waals surface area contributed by atoms with Crippen LogP contribution < -0.4 is 10.9 Å². The summed E-state index contributed by atoms with van der Waals surface area (Å²) in [5.41, 5.74) is -6.71. The van der Waals surface area contributed by atoms with Gasteiger partial charge in [-0.05, 0) is 24.6 Å². The Morgan fingerprint density at radius 1 is 1.00 bits per heavy atom. The van der Waals surface area contributed by atoms with E-state index in [1.54, 1.807) is 0 Å². The van der Waals surface area contributed by atoms with Gasteiger partial charge in [-0.15, -0.1) is 0 Å². The van der Waals surface area contributed by atoms with Crippen molar-refractivity contribution in [2.24, 2.45) is 0 Å². The molecule has 1 aromatic carbocycles. The number of alkyl halides is 9. The average molecular weight is 445 g/mol. The SMILES string of the molecule is C=Cn1c(NC(C)c2ccc(C(F)(F)F)cc2C(F)(F)F)nc(C(F)(F)F)cc1=O. The molecule has 1 N–H and O–H groups in total. The minimum Gasteiger partial charge on any atom is -0.349 e. The van der Waals surface area contributed by atoms with Crippen molar-refractivity contribution in [1.82, 2.24) is 9.55 Å². The molecule has 2 aromatic rings. The molecule has 0 saturated carbocycles. The number of nitrogens with one attached hydrogen (secondary N) is 1. The number of anilines is 1. The molecular formula is C17H12F9N3O. The highest BCUT2D eigenvalue weighted by molar-refractivity contribution is 5.44. The van der Waals surface area contributed by atoms with E-state index in [0.29, 0.717) is 16.7 Å². The predicted molar refractivity (Wildman–Crippen MR) is 88.4 cm³/mol. The van der Waals surface area contributed by atoms with Gasteiger partial charge in [0.15, 0.2) is 5.69 Å². The molecule has 0 bridgehead atoms. The van der Waals surface area contributed by atoms with Crippen molar-refractivity contribution in [1.29, 1.82) is 0 Å². The van der Waals surface area contributed by atoms with Crippen molar-refractivity contribution in [2.45, 2.75) is 31.5 Å². The van der Waals surface area contributed by atoms with E-state index < -0.39 is 58.5 Å². The quantitative estimate of drug-likeness (QED) is 0.626. The van der Waals surface area contributed by atoms with Gasteiger partial charge in [-0.3, -0.25) is 9.36 Å². The van der Waals surface area contributed by atoms with E-state index in [-0.39, 0.29) is 12.1 Å². The second-order valence-electron chi connectivity index (χ2n) is 6.02. The summed E-state index contributed by atoms with van der Waals surface area (Å²) in [6.07, 6.45) is -14.5. The summed E-state index contributed by atoms with van der Waals surface area (Å²) in [4.78, 5) is 15.0. The molecule has 4 nitrogen and oxygen atoms in total. The molecule has 0 aliphatic rings. The van der Waals surface area contributed by atoms with Crippen LogP contribution in [0.5, 0.6) is 0 Å². The molecule has 0 aliphatic heterocycles. The number of aromatic nitrogens is 2. The second-order valence-corrected chi connectivity index (χ2v) is 6.02. The third kappa shape index (κ3) is 4.94. The fraction of sp³-hybridized carbons (Fsp3) is 0.294. The molecule has 0 radical (unpaired) electrons. The van der Waals surface area contributed by atoms with Crippen molar-refractivity contribution in [3.05, 3.63) is 63.6 Å². The molecule has 1 unspecified atom stereocenters. The standard InChI is InChI=1S/C17H12F9N3O/c1-3-29-13(30)7-12(17(24,25)26)28-14(29)27-8(2)10-5-4-9(15(18,19)20)6-11(10)16(21,22)23/h3-8H,1H2,2H3,(H,27,28). The van der Waals surface area contributed by atoms with Gasteiger partial charge in [0.05, 0.1) is 17.2 Å². The highest BCUT2D eigenvalue weighted by atomic mass is 19.4. The lowest BCUT2D eigenvalue weighted by molar-refractivity contribution is -0.143. The Kier molecular flexibility index (Phi) is 5.97. The molecule has 0 saturated heterocycles. The third-order valence-electron chi connectivity index (χ3n) is 3.92. The van der Waals surface area contributed by atoms with Crippen LogP contribution in [0.25, 0.3) is 6.20 Å². The lowest BCUT2D eigenvalue weighted by Gasteiger charge is -2.22. The van der Waals surface area contributed by atoms with Gasteiger partial charge in [-0.25, -0.2) is 4.98 Å². The molecule has 0 aliphatic carbocycles. The van der Waals surface area contributed by atoms with E-state index in [1.165, 1.54) is 0 Å². The summed E-state index contributed by atoms with van der Waals surface area (Å²) in [5, 5.41) is 2.20. The fourth-order valence-corrected chi connectivity index (χ4v) is 2.54. The highest BCUT2D eigenvalue weighted by Crippen LogP contribution is 2.39. The Morgan fingerprint density at radius 2 is 1.60 bits per heavy atom. The zero-order chi connectivity index (χ0) is 23.1. The second kappa shape index (κ2) is 7.69. The van der Waals surface area contributed by atoms with Crippen LogP contribution in [0.1, 0.15) is 35.3 Å². The molecule has 164 valence electrons. The van der Waals surface area contributed by atoms with Crippen LogP contribution in [0.2, 0.25) is 0 Å². The Balaban J connectivity index is 2.58. The van der Waals surface area contributed by atoms with Crippen molar-refractivity contribution >= 4 is 12.1 Å². The molecule has 0 spiro atoms. The van der Waals surface area contributed by atoms with E-state index in [1.807, 2.05) is 0 Å². The summed E-state index contributed by atoms with van der Waals surface area (Å²) in [7, 11) is 0.